The zero-order valence-electron chi connectivity index (χ0n) is 6.10. The lowest BCUT2D eigenvalue weighted by Crippen LogP contribution is -2.49. The summed E-state index contributed by atoms with van der Waals surface area (Å²) < 4.78 is 4.81. The maximum absolute atomic E-state index is 8.96. The Balaban J connectivity index is 1.84. The molecule has 11 heavy (non-hydrogen) atoms. The maximum Gasteiger partial charge on any atom is 0.180 e. The van der Waals surface area contributed by atoms with Gasteiger partial charge in [-0.05, 0) is 0 Å². The molecular formula is C7H10N2O2. The molecule has 1 fully saturated rings. The number of oxazole rings is 1. The third-order valence-electron chi connectivity index (χ3n) is 1.81. The van der Waals surface area contributed by atoms with Gasteiger partial charge < -0.3 is 9.52 Å². The molecule has 2 rings (SSSR count). The highest BCUT2D eigenvalue weighted by molar-refractivity contribution is 4.93. The number of hydrogen-bond donors (Lipinski definition) is 1. The topological polar surface area (TPSA) is 49.5 Å². The van der Waals surface area contributed by atoms with Crippen molar-refractivity contribution in [1.82, 2.24) is 9.88 Å². The first-order valence-corrected chi connectivity index (χ1v) is 3.62. The summed E-state index contributed by atoms with van der Waals surface area (Å²) in [7, 11) is 0. The Morgan fingerprint density at radius 1 is 1.73 bits per heavy atom. The molecule has 4 nitrogen and oxygen atoms in total. The van der Waals surface area contributed by atoms with E-state index in [0.717, 1.165) is 25.3 Å². The summed E-state index contributed by atoms with van der Waals surface area (Å²) in [6, 6.07) is 0. The molecular weight excluding hydrogens is 144 g/mol. The van der Waals surface area contributed by atoms with E-state index in [0.29, 0.717) is 0 Å². The summed E-state index contributed by atoms with van der Waals surface area (Å²) in [5.41, 5.74) is 0.928. The number of hydrogen-bond acceptors (Lipinski definition) is 4. The Kier molecular flexibility index (Phi) is 1.63. The van der Waals surface area contributed by atoms with Gasteiger partial charge in [0, 0.05) is 19.6 Å². The number of β-amino-alcohol motifs (C(OH)–C–C–N with tert-alkyl or cyclic N) is 1. The van der Waals surface area contributed by atoms with Crippen LogP contribution in [0.4, 0.5) is 0 Å². The largest absolute Gasteiger partial charge is 0.451 e. The fourth-order valence-electron chi connectivity index (χ4n) is 1.22. The number of aromatic nitrogens is 1. The standard InChI is InChI=1S/C7H10N2O2/c10-7-2-9(3-7)1-6-4-11-5-8-6/h4-5,7,10H,1-3H2. The van der Waals surface area contributed by atoms with Gasteiger partial charge in [0.2, 0.25) is 0 Å². The van der Waals surface area contributed by atoms with E-state index in [1.54, 1.807) is 6.26 Å². The lowest BCUT2D eigenvalue weighted by molar-refractivity contribution is -0.00355. The molecule has 1 aliphatic heterocycles. The van der Waals surface area contributed by atoms with Crippen molar-refractivity contribution in [3.8, 4) is 0 Å². The van der Waals surface area contributed by atoms with Crippen LogP contribution in [-0.2, 0) is 6.54 Å². The number of nitrogens with zero attached hydrogens (tertiary/aromatic N) is 2. The molecule has 0 aliphatic carbocycles. The van der Waals surface area contributed by atoms with Crippen molar-refractivity contribution in [2.24, 2.45) is 0 Å². The van der Waals surface area contributed by atoms with Crippen molar-refractivity contribution >= 4 is 0 Å². The van der Waals surface area contributed by atoms with Gasteiger partial charge in [0.1, 0.15) is 6.26 Å². The third-order valence-corrected chi connectivity index (χ3v) is 1.81. The third kappa shape index (κ3) is 1.41. The zero-order valence-corrected chi connectivity index (χ0v) is 6.10. The van der Waals surface area contributed by atoms with Crippen molar-refractivity contribution in [3.63, 3.8) is 0 Å². The second-order valence-corrected chi connectivity index (χ2v) is 2.83. The van der Waals surface area contributed by atoms with Crippen LogP contribution in [0.3, 0.4) is 0 Å². The number of likely N-dealkylation sites (tertiary alicyclic amines) is 1. The molecule has 1 aliphatic rings. The minimum absolute atomic E-state index is 0.137. The molecule has 4 heteroatoms. The zero-order chi connectivity index (χ0) is 7.68. The van der Waals surface area contributed by atoms with Gasteiger partial charge in [-0.1, -0.05) is 0 Å². The lowest BCUT2D eigenvalue weighted by atomic mass is 10.2. The van der Waals surface area contributed by atoms with Crippen LogP contribution in [0.2, 0.25) is 0 Å². The Bertz CT molecular complexity index is 216. The summed E-state index contributed by atoms with van der Waals surface area (Å²) in [6.07, 6.45) is 2.91. The van der Waals surface area contributed by atoms with Crippen LogP contribution in [0.5, 0.6) is 0 Å². The van der Waals surface area contributed by atoms with Crippen LogP contribution >= 0.6 is 0 Å². The average molecular weight is 154 g/mol. The Morgan fingerprint density at radius 2 is 2.55 bits per heavy atom. The predicted octanol–water partition coefficient (Wildman–Crippen LogP) is -0.149. The van der Waals surface area contributed by atoms with E-state index in [9.17, 15) is 0 Å². The summed E-state index contributed by atoms with van der Waals surface area (Å²) in [5.74, 6) is 0. The van der Waals surface area contributed by atoms with Gasteiger partial charge >= 0.3 is 0 Å². The van der Waals surface area contributed by atoms with E-state index in [-0.39, 0.29) is 6.10 Å². The number of aliphatic hydroxyl groups is 1. The highest BCUT2D eigenvalue weighted by atomic mass is 16.3. The fraction of sp³-hybridized carbons (Fsp3) is 0.571. The van der Waals surface area contributed by atoms with Gasteiger partial charge in [-0.2, -0.15) is 0 Å². The lowest BCUT2D eigenvalue weighted by Gasteiger charge is -2.34. The minimum atomic E-state index is -0.137. The molecule has 0 spiro atoms. The van der Waals surface area contributed by atoms with Crippen LogP contribution in [0, 0.1) is 0 Å². The average Bonchev–Trinajstić information content (AvgIpc) is 2.36. The van der Waals surface area contributed by atoms with Crippen LogP contribution in [0.15, 0.2) is 17.1 Å². The molecule has 1 aromatic rings. The first-order chi connectivity index (χ1) is 5.34. The molecule has 1 saturated heterocycles. The van der Waals surface area contributed by atoms with Crippen molar-refractivity contribution in [1.29, 1.82) is 0 Å². The molecule has 0 amide bonds. The number of aliphatic hydroxyl groups excluding tert-OH is 1. The fourth-order valence-corrected chi connectivity index (χ4v) is 1.22. The molecule has 0 unspecified atom stereocenters. The molecule has 1 N–H and O–H groups in total. The van der Waals surface area contributed by atoms with Crippen molar-refractivity contribution in [3.05, 3.63) is 18.4 Å². The van der Waals surface area contributed by atoms with Gasteiger partial charge in [0.15, 0.2) is 6.39 Å². The summed E-state index contributed by atoms with van der Waals surface area (Å²) in [6.45, 7) is 2.30. The van der Waals surface area contributed by atoms with Crippen LogP contribution in [0.25, 0.3) is 0 Å². The van der Waals surface area contributed by atoms with Gasteiger partial charge in [0.05, 0.1) is 11.8 Å². The molecule has 0 bridgehead atoms. The van der Waals surface area contributed by atoms with E-state index in [1.807, 2.05) is 0 Å². The second-order valence-electron chi connectivity index (χ2n) is 2.83. The molecule has 0 radical (unpaired) electrons. The van der Waals surface area contributed by atoms with Gasteiger partial charge in [-0.25, -0.2) is 4.98 Å². The summed E-state index contributed by atoms with van der Waals surface area (Å²) >= 11 is 0. The quantitative estimate of drug-likeness (QED) is 0.643. The summed E-state index contributed by atoms with van der Waals surface area (Å²) in [4.78, 5) is 6.09. The van der Waals surface area contributed by atoms with Crippen LogP contribution in [0.1, 0.15) is 5.69 Å². The highest BCUT2D eigenvalue weighted by Gasteiger charge is 2.24. The minimum Gasteiger partial charge on any atom is -0.451 e. The maximum atomic E-state index is 8.96. The molecule has 0 saturated carbocycles. The smallest absolute Gasteiger partial charge is 0.180 e. The molecule has 0 aromatic carbocycles. The van der Waals surface area contributed by atoms with Gasteiger partial charge in [-0.15, -0.1) is 0 Å². The second kappa shape index (κ2) is 2.64. The molecule has 0 atom stereocenters. The Labute approximate surface area is 64.5 Å². The van der Waals surface area contributed by atoms with E-state index in [1.165, 1.54) is 6.39 Å². The Hall–Kier alpha value is -0.870. The molecule has 60 valence electrons. The van der Waals surface area contributed by atoms with E-state index in [2.05, 4.69) is 9.88 Å². The first kappa shape index (κ1) is 6.82. The summed E-state index contributed by atoms with van der Waals surface area (Å²) in [5, 5.41) is 8.96. The van der Waals surface area contributed by atoms with Gasteiger partial charge in [-0.3, -0.25) is 4.90 Å². The van der Waals surface area contributed by atoms with Crippen molar-refractivity contribution in [2.75, 3.05) is 13.1 Å². The van der Waals surface area contributed by atoms with E-state index in [4.69, 9.17) is 9.52 Å². The molecule has 2 heterocycles. The van der Waals surface area contributed by atoms with Crippen molar-refractivity contribution in [2.45, 2.75) is 12.6 Å². The number of rotatable bonds is 2. The van der Waals surface area contributed by atoms with E-state index < -0.39 is 0 Å². The Morgan fingerprint density at radius 3 is 3.09 bits per heavy atom. The van der Waals surface area contributed by atoms with Crippen LogP contribution < -0.4 is 0 Å². The normalized spacial score (nSPS) is 20.1. The van der Waals surface area contributed by atoms with E-state index >= 15 is 0 Å². The van der Waals surface area contributed by atoms with Gasteiger partial charge in [0.25, 0.3) is 0 Å². The predicted molar refractivity (Wildman–Crippen MR) is 37.8 cm³/mol. The molecule has 1 aromatic heterocycles. The first-order valence-electron chi connectivity index (χ1n) is 3.62. The van der Waals surface area contributed by atoms with Crippen molar-refractivity contribution < 1.29 is 9.52 Å². The SMILES string of the molecule is OC1CN(Cc2cocn2)C1. The monoisotopic (exact) mass is 154 g/mol. The highest BCUT2D eigenvalue weighted by Crippen LogP contribution is 2.10. The van der Waals surface area contributed by atoms with Crippen LogP contribution in [-0.4, -0.2) is 34.2 Å².